The third-order valence-electron chi connectivity index (χ3n) is 4.86. The Hall–Kier alpha value is -2.93. The summed E-state index contributed by atoms with van der Waals surface area (Å²) >= 11 is 1.46. The average molecular weight is 406 g/mol. The van der Waals surface area contributed by atoms with E-state index in [0.717, 1.165) is 32.8 Å². The number of nitrogens with one attached hydrogen (secondary N) is 1. The lowest BCUT2D eigenvalue weighted by atomic mass is 10.1. The Labute approximate surface area is 173 Å². The van der Waals surface area contributed by atoms with Crippen molar-refractivity contribution in [2.24, 2.45) is 5.92 Å². The van der Waals surface area contributed by atoms with E-state index in [2.05, 4.69) is 39.6 Å². The second-order valence-electron chi connectivity index (χ2n) is 7.38. The number of aryl methyl sites for hydroxylation is 1. The van der Waals surface area contributed by atoms with Crippen LogP contribution in [-0.4, -0.2) is 30.7 Å². The fraction of sp³-hybridized carbons (Fsp3) is 0.273. The third kappa shape index (κ3) is 3.96. The molecule has 6 nitrogen and oxygen atoms in total. The number of rotatable bonds is 6. The summed E-state index contributed by atoms with van der Waals surface area (Å²) in [4.78, 5) is 17.0. The SMILES string of the molecule is Cc1cc2nnc(S[C@H](C(=O)NCc3cccnc3)C(C)C)n2c2ccccc12. The minimum absolute atomic E-state index is 0.0120. The summed E-state index contributed by atoms with van der Waals surface area (Å²) < 4.78 is 2.04. The van der Waals surface area contributed by atoms with Crippen LogP contribution in [0.2, 0.25) is 0 Å². The van der Waals surface area contributed by atoms with Crippen molar-refractivity contribution in [3.8, 4) is 0 Å². The van der Waals surface area contributed by atoms with Crippen LogP contribution < -0.4 is 5.32 Å². The van der Waals surface area contributed by atoms with Gasteiger partial charge in [0.1, 0.15) is 0 Å². The lowest BCUT2D eigenvalue weighted by Crippen LogP contribution is -2.35. The summed E-state index contributed by atoms with van der Waals surface area (Å²) in [6.07, 6.45) is 3.48. The molecule has 1 aromatic carbocycles. The van der Waals surface area contributed by atoms with E-state index < -0.39 is 0 Å². The van der Waals surface area contributed by atoms with Crippen molar-refractivity contribution >= 4 is 34.2 Å². The summed E-state index contributed by atoms with van der Waals surface area (Å²) in [6.45, 7) is 6.63. The van der Waals surface area contributed by atoms with Crippen molar-refractivity contribution in [1.29, 1.82) is 0 Å². The molecule has 0 aliphatic heterocycles. The monoisotopic (exact) mass is 405 g/mol. The van der Waals surface area contributed by atoms with Crippen molar-refractivity contribution in [2.45, 2.75) is 37.7 Å². The van der Waals surface area contributed by atoms with Gasteiger partial charge in [-0.25, -0.2) is 0 Å². The standard InChI is InChI=1S/C22H23N5OS/c1-14(2)20(21(28)24-13-16-7-6-10-23-12-16)29-22-26-25-19-11-15(3)17-8-4-5-9-18(17)27(19)22/h4-12,14,20H,13H2,1-3H3,(H,24,28)/t20-/m0/s1. The van der Waals surface area contributed by atoms with Gasteiger partial charge in [-0.2, -0.15) is 0 Å². The summed E-state index contributed by atoms with van der Waals surface area (Å²) in [5.74, 6) is 0.125. The molecule has 4 aromatic rings. The van der Waals surface area contributed by atoms with Crippen LogP contribution in [-0.2, 0) is 11.3 Å². The minimum Gasteiger partial charge on any atom is -0.351 e. The minimum atomic E-state index is -0.279. The van der Waals surface area contributed by atoms with Crippen LogP contribution >= 0.6 is 11.8 Å². The maximum Gasteiger partial charge on any atom is 0.234 e. The van der Waals surface area contributed by atoms with Crippen LogP contribution in [0.15, 0.2) is 60.0 Å². The number of nitrogens with zero attached hydrogens (tertiary/aromatic N) is 4. The third-order valence-corrected chi connectivity index (χ3v) is 6.35. The first-order valence-electron chi connectivity index (χ1n) is 9.61. The Bertz CT molecular complexity index is 1160. The zero-order chi connectivity index (χ0) is 20.4. The molecule has 148 valence electrons. The summed E-state index contributed by atoms with van der Waals surface area (Å²) in [5, 5.41) is 13.4. The molecule has 0 unspecified atom stereocenters. The Morgan fingerprint density at radius 1 is 1.17 bits per heavy atom. The number of carbonyl (C=O) groups excluding carboxylic acids is 1. The van der Waals surface area contributed by atoms with Gasteiger partial charge < -0.3 is 5.32 Å². The Morgan fingerprint density at radius 3 is 2.76 bits per heavy atom. The van der Waals surface area contributed by atoms with Gasteiger partial charge in [-0.15, -0.1) is 10.2 Å². The molecule has 1 N–H and O–H groups in total. The van der Waals surface area contributed by atoms with E-state index in [9.17, 15) is 4.79 Å². The van der Waals surface area contributed by atoms with Crippen LogP contribution in [0, 0.1) is 12.8 Å². The molecule has 0 aliphatic carbocycles. The second-order valence-corrected chi connectivity index (χ2v) is 8.49. The van der Waals surface area contributed by atoms with Crippen LogP contribution in [0.4, 0.5) is 0 Å². The summed E-state index contributed by atoms with van der Waals surface area (Å²) in [7, 11) is 0. The highest BCUT2D eigenvalue weighted by Crippen LogP contribution is 2.30. The summed E-state index contributed by atoms with van der Waals surface area (Å²) in [5.41, 5.74) is 3.98. The first-order chi connectivity index (χ1) is 14.0. The molecule has 29 heavy (non-hydrogen) atoms. The van der Waals surface area contributed by atoms with E-state index in [4.69, 9.17) is 0 Å². The highest BCUT2D eigenvalue weighted by molar-refractivity contribution is 8.00. The number of fused-ring (bicyclic) bond motifs is 3. The van der Waals surface area contributed by atoms with Gasteiger partial charge in [0.05, 0.1) is 10.8 Å². The number of para-hydroxylation sites is 1. The quantitative estimate of drug-likeness (QED) is 0.491. The Morgan fingerprint density at radius 2 is 2.00 bits per heavy atom. The van der Waals surface area contributed by atoms with Gasteiger partial charge in [-0.05, 0) is 42.2 Å². The van der Waals surface area contributed by atoms with Crippen molar-refractivity contribution in [3.63, 3.8) is 0 Å². The van der Waals surface area contributed by atoms with Crippen molar-refractivity contribution < 1.29 is 4.79 Å². The lowest BCUT2D eigenvalue weighted by molar-refractivity contribution is -0.121. The molecule has 0 spiro atoms. The van der Waals surface area contributed by atoms with Crippen LogP contribution in [0.1, 0.15) is 25.0 Å². The molecule has 0 bridgehead atoms. The summed E-state index contributed by atoms with van der Waals surface area (Å²) in [6, 6.07) is 14.1. The maximum atomic E-state index is 12.9. The van der Waals surface area contributed by atoms with E-state index >= 15 is 0 Å². The fourth-order valence-electron chi connectivity index (χ4n) is 3.35. The molecule has 1 amide bonds. The molecule has 0 fully saturated rings. The predicted octanol–water partition coefficient (Wildman–Crippen LogP) is 4.02. The van der Waals surface area contributed by atoms with Gasteiger partial charge in [0.25, 0.3) is 0 Å². The van der Waals surface area contributed by atoms with E-state index in [1.165, 1.54) is 11.8 Å². The zero-order valence-electron chi connectivity index (χ0n) is 16.7. The largest absolute Gasteiger partial charge is 0.351 e. The highest BCUT2D eigenvalue weighted by Gasteiger charge is 2.26. The number of thioether (sulfide) groups is 1. The number of aromatic nitrogens is 4. The molecule has 0 aliphatic rings. The van der Waals surface area contributed by atoms with E-state index in [1.54, 1.807) is 12.4 Å². The molecule has 7 heteroatoms. The maximum absolute atomic E-state index is 12.9. The number of hydrogen-bond acceptors (Lipinski definition) is 5. The first kappa shape index (κ1) is 19.4. The molecule has 4 rings (SSSR count). The van der Waals surface area contributed by atoms with Crippen molar-refractivity contribution in [1.82, 2.24) is 24.9 Å². The van der Waals surface area contributed by atoms with Gasteiger partial charge in [0.15, 0.2) is 10.8 Å². The van der Waals surface area contributed by atoms with Crippen LogP contribution in [0.3, 0.4) is 0 Å². The van der Waals surface area contributed by atoms with Crippen LogP contribution in [0.5, 0.6) is 0 Å². The molecule has 0 radical (unpaired) electrons. The number of pyridine rings is 2. The topological polar surface area (TPSA) is 72.2 Å². The van der Waals surface area contributed by atoms with Gasteiger partial charge in [0, 0.05) is 24.3 Å². The molecule has 0 saturated carbocycles. The number of carbonyl (C=O) groups is 1. The fourth-order valence-corrected chi connectivity index (χ4v) is 4.42. The number of amides is 1. The van der Waals surface area contributed by atoms with E-state index in [-0.39, 0.29) is 17.1 Å². The smallest absolute Gasteiger partial charge is 0.234 e. The predicted molar refractivity (Wildman–Crippen MR) is 116 cm³/mol. The van der Waals surface area contributed by atoms with Crippen LogP contribution in [0.25, 0.3) is 16.6 Å². The second kappa shape index (κ2) is 8.21. The first-order valence-corrected chi connectivity index (χ1v) is 10.5. The van der Waals surface area contributed by atoms with E-state index in [0.29, 0.717) is 6.54 Å². The van der Waals surface area contributed by atoms with Crippen molar-refractivity contribution in [2.75, 3.05) is 0 Å². The van der Waals surface area contributed by atoms with Gasteiger partial charge in [-0.1, -0.05) is 49.9 Å². The molecular weight excluding hydrogens is 382 g/mol. The van der Waals surface area contributed by atoms with Crippen molar-refractivity contribution in [3.05, 3.63) is 66.0 Å². The number of hydrogen-bond donors (Lipinski definition) is 1. The Balaban J connectivity index is 1.62. The molecule has 1 atom stereocenters. The Kier molecular flexibility index (Phi) is 5.49. The molecule has 0 saturated heterocycles. The normalized spacial score (nSPS) is 12.6. The number of benzene rings is 1. The van der Waals surface area contributed by atoms with Gasteiger partial charge in [-0.3, -0.25) is 14.2 Å². The van der Waals surface area contributed by atoms with Gasteiger partial charge >= 0.3 is 0 Å². The van der Waals surface area contributed by atoms with E-state index in [1.807, 2.05) is 48.6 Å². The zero-order valence-corrected chi connectivity index (χ0v) is 17.5. The molecule has 3 heterocycles. The van der Waals surface area contributed by atoms with Gasteiger partial charge in [0.2, 0.25) is 5.91 Å². The average Bonchev–Trinajstić information content (AvgIpc) is 3.13. The highest BCUT2D eigenvalue weighted by atomic mass is 32.2. The lowest BCUT2D eigenvalue weighted by Gasteiger charge is -2.19. The molecule has 3 aromatic heterocycles. The molecular formula is C22H23N5OS.